The number of hydrogen-bond acceptors (Lipinski definition) is 2. The van der Waals surface area contributed by atoms with Crippen LogP contribution >= 0.6 is 0 Å². The van der Waals surface area contributed by atoms with Crippen LogP contribution in [0.3, 0.4) is 0 Å². The number of nitrogens with one attached hydrogen (secondary N) is 1. The number of aryl methyl sites for hydroxylation is 2. The Morgan fingerprint density at radius 2 is 2.12 bits per heavy atom. The van der Waals surface area contributed by atoms with Crippen molar-refractivity contribution in [2.45, 2.75) is 46.6 Å². The van der Waals surface area contributed by atoms with E-state index in [1.54, 1.807) is 0 Å². The van der Waals surface area contributed by atoms with Crippen molar-refractivity contribution in [3.63, 3.8) is 0 Å². The average molecular weight is 223 g/mol. The molecular weight excluding hydrogens is 198 g/mol. The van der Waals surface area contributed by atoms with Gasteiger partial charge in [0.05, 0.1) is 5.69 Å². The molecule has 0 fully saturated rings. The molecule has 1 N–H and O–H groups in total. The van der Waals surface area contributed by atoms with E-state index in [-0.39, 0.29) is 0 Å². The fraction of sp³-hybridized carbons (Fsp3) is 0.769. The van der Waals surface area contributed by atoms with Crippen LogP contribution in [-0.2, 0) is 13.5 Å². The second-order valence-corrected chi connectivity index (χ2v) is 4.65. The lowest BCUT2D eigenvalue weighted by Gasteiger charge is -2.23. The van der Waals surface area contributed by atoms with E-state index in [9.17, 15) is 0 Å². The minimum atomic E-state index is 0.560. The average Bonchev–Trinajstić information content (AvgIpc) is 2.55. The van der Waals surface area contributed by atoms with E-state index in [0.29, 0.717) is 12.0 Å². The van der Waals surface area contributed by atoms with Gasteiger partial charge in [0.1, 0.15) is 0 Å². The van der Waals surface area contributed by atoms with Crippen LogP contribution in [0.1, 0.15) is 38.6 Å². The molecule has 0 radical (unpaired) electrons. The molecule has 3 nitrogen and oxygen atoms in total. The van der Waals surface area contributed by atoms with Gasteiger partial charge in [-0.1, -0.05) is 27.2 Å². The smallest absolute Gasteiger partial charge is 0.0596 e. The number of rotatable bonds is 6. The minimum Gasteiger partial charge on any atom is -0.314 e. The van der Waals surface area contributed by atoms with Crippen LogP contribution < -0.4 is 5.32 Å². The standard InChI is InChI=1S/C13H25N3/c1-6-10(3)13(14-7-2)9-12-8-11(4)15-16(12)5/h8,10,13-14H,6-7,9H2,1-5H3. The van der Waals surface area contributed by atoms with Gasteiger partial charge in [0.25, 0.3) is 0 Å². The predicted molar refractivity (Wildman–Crippen MR) is 68.6 cm³/mol. The minimum absolute atomic E-state index is 0.560. The van der Waals surface area contributed by atoms with Crippen molar-refractivity contribution in [3.8, 4) is 0 Å². The monoisotopic (exact) mass is 223 g/mol. The summed E-state index contributed by atoms with van der Waals surface area (Å²) in [6.07, 6.45) is 2.29. The van der Waals surface area contributed by atoms with E-state index in [1.807, 2.05) is 11.7 Å². The summed E-state index contributed by atoms with van der Waals surface area (Å²) >= 11 is 0. The highest BCUT2D eigenvalue weighted by molar-refractivity contribution is 5.10. The summed E-state index contributed by atoms with van der Waals surface area (Å²) < 4.78 is 2.00. The SMILES string of the molecule is CCNC(Cc1cc(C)nn1C)C(C)CC. The third-order valence-corrected chi connectivity index (χ3v) is 3.33. The highest BCUT2D eigenvalue weighted by Crippen LogP contribution is 2.14. The molecule has 1 heterocycles. The lowest BCUT2D eigenvalue weighted by molar-refractivity contribution is 0.365. The maximum atomic E-state index is 4.40. The Balaban J connectivity index is 2.71. The maximum Gasteiger partial charge on any atom is 0.0596 e. The van der Waals surface area contributed by atoms with Gasteiger partial charge in [0.2, 0.25) is 0 Å². The quantitative estimate of drug-likeness (QED) is 0.802. The van der Waals surface area contributed by atoms with Gasteiger partial charge >= 0.3 is 0 Å². The Morgan fingerprint density at radius 1 is 1.44 bits per heavy atom. The van der Waals surface area contributed by atoms with Gasteiger partial charge in [-0.25, -0.2) is 0 Å². The number of hydrogen-bond donors (Lipinski definition) is 1. The fourth-order valence-electron chi connectivity index (χ4n) is 2.10. The van der Waals surface area contributed by atoms with E-state index in [1.165, 1.54) is 12.1 Å². The van der Waals surface area contributed by atoms with Crippen molar-refractivity contribution in [2.75, 3.05) is 6.54 Å². The Labute approximate surface area is 99.2 Å². The molecule has 0 amide bonds. The Kier molecular flexibility index (Phi) is 5.00. The molecule has 1 aromatic rings. The van der Waals surface area contributed by atoms with Crippen LogP contribution in [0, 0.1) is 12.8 Å². The summed E-state index contributed by atoms with van der Waals surface area (Å²) in [7, 11) is 2.03. The molecule has 3 heteroatoms. The van der Waals surface area contributed by atoms with E-state index in [2.05, 4.69) is 44.2 Å². The maximum absolute atomic E-state index is 4.40. The van der Waals surface area contributed by atoms with Gasteiger partial charge in [-0.15, -0.1) is 0 Å². The van der Waals surface area contributed by atoms with Gasteiger partial charge in [0, 0.05) is 25.2 Å². The Bertz CT molecular complexity index is 317. The van der Waals surface area contributed by atoms with Crippen molar-refractivity contribution in [2.24, 2.45) is 13.0 Å². The van der Waals surface area contributed by atoms with Crippen LogP contribution in [0.4, 0.5) is 0 Å². The highest BCUT2D eigenvalue weighted by Gasteiger charge is 2.17. The van der Waals surface area contributed by atoms with Gasteiger partial charge in [-0.3, -0.25) is 4.68 Å². The lowest BCUT2D eigenvalue weighted by atomic mass is 9.95. The molecule has 0 aromatic carbocycles. The molecule has 1 rings (SSSR count). The highest BCUT2D eigenvalue weighted by atomic mass is 15.3. The van der Waals surface area contributed by atoms with Crippen molar-refractivity contribution in [1.82, 2.24) is 15.1 Å². The summed E-state index contributed by atoms with van der Waals surface area (Å²) in [6, 6.07) is 2.75. The molecule has 0 saturated heterocycles. The van der Waals surface area contributed by atoms with Gasteiger partial charge in [-0.2, -0.15) is 5.10 Å². The van der Waals surface area contributed by atoms with Crippen molar-refractivity contribution in [1.29, 1.82) is 0 Å². The normalized spacial score (nSPS) is 15.1. The molecule has 0 spiro atoms. The van der Waals surface area contributed by atoms with E-state index in [4.69, 9.17) is 0 Å². The summed E-state index contributed by atoms with van der Waals surface area (Å²) in [5.74, 6) is 0.704. The third-order valence-electron chi connectivity index (χ3n) is 3.33. The van der Waals surface area contributed by atoms with Crippen LogP contribution in [0.25, 0.3) is 0 Å². The summed E-state index contributed by atoms with van der Waals surface area (Å²) in [5, 5.41) is 7.98. The number of aromatic nitrogens is 2. The first-order valence-electron chi connectivity index (χ1n) is 6.31. The lowest BCUT2D eigenvalue weighted by Crippen LogP contribution is -2.37. The molecular formula is C13H25N3. The molecule has 16 heavy (non-hydrogen) atoms. The molecule has 0 saturated carbocycles. The molecule has 2 atom stereocenters. The van der Waals surface area contributed by atoms with Crippen LogP contribution in [0.5, 0.6) is 0 Å². The second kappa shape index (κ2) is 6.04. The van der Waals surface area contributed by atoms with Crippen LogP contribution in [-0.4, -0.2) is 22.4 Å². The zero-order chi connectivity index (χ0) is 12.1. The van der Waals surface area contributed by atoms with E-state index >= 15 is 0 Å². The van der Waals surface area contributed by atoms with E-state index in [0.717, 1.165) is 18.7 Å². The van der Waals surface area contributed by atoms with Crippen molar-refractivity contribution >= 4 is 0 Å². The first-order valence-corrected chi connectivity index (χ1v) is 6.31. The number of likely N-dealkylation sites (N-methyl/N-ethyl adjacent to an activating group) is 1. The van der Waals surface area contributed by atoms with Crippen molar-refractivity contribution < 1.29 is 0 Å². The van der Waals surface area contributed by atoms with Gasteiger partial charge in [-0.05, 0) is 25.5 Å². The topological polar surface area (TPSA) is 29.9 Å². The Hall–Kier alpha value is -0.830. The van der Waals surface area contributed by atoms with Gasteiger partial charge < -0.3 is 5.32 Å². The van der Waals surface area contributed by atoms with Gasteiger partial charge in [0.15, 0.2) is 0 Å². The zero-order valence-electron chi connectivity index (χ0n) is 11.2. The van der Waals surface area contributed by atoms with Crippen LogP contribution in [0.2, 0.25) is 0 Å². The summed E-state index contributed by atoms with van der Waals surface area (Å²) in [5.41, 5.74) is 2.43. The molecule has 92 valence electrons. The predicted octanol–water partition coefficient (Wildman–Crippen LogP) is 2.30. The van der Waals surface area contributed by atoms with E-state index < -0.39 is 0 Å². The molecule has 0 aliphatic heterocycles. The summed E-state index contributed by atoms with van der Waals surface area (Å²) in [4.78, 5) is 0. The van der Waals surface area contributed by atoms with Crippen molar-refractivity contribution in [3.05, 3.63) is 17.5 Å². The Morgan fingerprint density at radius 3 is 2.56 bits per heavy atom. The first-order chi connectivity index (χ1) is 7.58. The zero-order valence-corrected chi connectivity index (χ0v) is 11.2. The second-order valence-electron chi connectivity index (χ2n) is 4.65. The molecule has 0 aliphatic rings. The molecule has 1 aromatic heterocycles. The first kappa shape index (κ1) is 13.2. The largest absolute Gasteiger partial charge is 0.314 e. The molecule has 0 aliphatic carbocycles. The number of nitrogens with zero attached hydrogens (tertiary/aromatic N) is 2. The third kappa shape index (κ3) is 3.34. The molecule has 0 bridgehead atoms. The summed E-state index contributed by atoms with van der Waals surface area (Å²) in [6.45, 7) is 9.82. The fourth-order valence-corrected chi connectivity index (χ4v) is 2.10. The molecule has 2 unspecified atom stereocenters. The van der Waals surface area contributed by atoms with Crippen LogP contribution in [0.15, 0.2) is 6.07 Å².